The van der Waals surface area contributed by atoms with Crippen molar-refractivity contribution in [1.82, 2.24) is 0 Å². The van der Waals surface area contributed by atoms with Gasteiger partial charge in [0.05, 0.1) is 0 Å². The van der Waals surface area contributed by atoms with E-state index in [1.807, 2.05) is 0 Å². The summed E-state index contributed by atoms with van der Waals surface area (Å²) < 4.78 is 1.03. The molecule has 1 nitrogen and oxygen atoms in total. The second kappa shape index (κ2) is 2.60. The van der Waals surface area contributed by atoms with Crippen LogP contribution in [0.25, 0.3) is 0 Å². The van der Waals surface area contributed by atoms with Gasteiger partial charge in [-0.1, -0.05) is 11.5 Å². The molecule has 0 atom stereocenters. The van der Waals surface area contributed by atoms with E-state index in [1.165, 1.54) is 0 Å². The Morgan fingerprint density at radius 2 is 2.11 bits per heavy atom. The third-order valence-corrected chi connectivity index (χ3v) is 1.66. The van der Waals surface area contributed by atoms with Crippen molar-refractivity contribution >= 4 is 35.9 Å². The first-order chi connectivity index (χ1) is 4.20. The molecular formula is C6H4BIO. The zero-order valence-electron chi connectivity index (χ0n) is 4.63. The first-order valence-electron chi connectivity index (χ1n) is 2.44. The number of rotatable bonds is 0. The molecule has 9 heavy (non-hydrogen) atoms. The lowest BCUT2D eigenvalue weighted by Gasteiger charge is -1.96. The molecule has 1 N–H and O–H groups in total. The molecule has 0 fully saturated rings. The summed E-state index contributed by atoms with van der Waals surface area (Å²) in [4.78, 5) is 0. The van der Waals surface area contributed by atoms with Crippen molar-refractivity contribution in [2.75, 3.05) is 0 Å². The van der Waals surface area contributed by atoms with E-state index in [-0.39, 0.29) is 5.75 Å². The van der Waals surface area contributed by atoms with Crippen LogP contribution in [0.15, 0.2) is 18.2 Å². The minimum atomic E-state index is 0.149. The van der Waals surface area contributed by atoms with E-state index in [9.17, 15) is 0 Å². The fourth-order valence-corrected chi connectivity index (χ4v) is 1.04. The van der Waals surface area contributed by atoms with E-state index in [2.05, 4.69) is 22.6 Å². The maximum Gasteiger partial charge on any atom is 0.119 e. The first kappa shape index (κ1) is 6.93. The zero-order chi connectivity index (χ0) is 6.85. The number of hydrogen-bond donors (Lipinski definition) is 1. The molecule has 0 amide bonds. The van der Waals surface area contributed by atoms with Crippen molar-refractivity contribution < 1.29 is 5.11 Å². The van der Waals surface area contributed by atoms with Crippen LogP contribution in [-0.4, -0.2) is 13.0 Å². The summed E-state index contributed by atoms with van der Waals surface area (Å²) >= 11 is 2.13. The van der Waals surface area contributed by atoms with E-state index in [4.69, 9.17) is 13.0 Å². The molecule has 0 aliphatic rings. The van der Waals surface area contributed by atoms with Crippen LogP contribution in [0.2, 0.25) is 0 Å². The topological polar surface area (TPSA) is 20.2 Å². The molecule has 0 spiro atoms. The molecule has 0 aliphatic carbocycles. The van der Waals surface area contributed by atoms with Gasteiger partial charge in [0.1, 0.15) is 13.6 Å². The van der Waals surface area contributed by atoms with Crippen molar-refractivity contribution in [3.63, 3.8) is 0 Å². The summed E-state index contributed by atoms with van der Waals surface area (Å²) in [6.07, 6.45) is 0. The van der Waals surface area contributed by atoms with Gasteiger partial charge in [0.15, 0.2) is 0 Å². The standard InChI is InChI=1S/C6H4BIO/c7-5-3-4(8)1-2-6(5)9/h1-3,9H. The number of halogens is 1. The molecule has 2 radical (unpaired) electrons. The largest absolute Gasteiger partial charge is 0.509 e. The number of phenols is 1. The highest BCUT2D eigenvalue weighted by Crippen LogP contribution is 2.07. The van der Waals surface area contributed by atoms with Crippen molar-refractivity contribution in [1.29, 1.82) is 0 Å². The second-order valence-corrected chi connectivity index (χ2v) is 2.95. The average molecular weight is 230 g/mol. The molecule has 1 rings (SSSR count). The summed E-state index contributed by atoms with van der Waals surface area (Å²) in [6.45, 7) is 0. The molecule has 0 aromatic heterocycles. The molecule has 3 heteroatoms. The van der Waals surface area contributed by atoms with E-state index >= 15 is 0 Å². The predicted octanol–water partition coefficient (Wildman–Crippen LogP) is 0.791. The fourth-order valence-electron chi connectivity index (χ4n) is 0.525. The third kappa shape index (κ3) is 1.61. The van der Waals surface area contributed by atoms with E-state index < -0.39 is 0 Å². The van der Waals surface area contributed by atoms with Crippen molar-refractivity contribution in [3.05, 3.63) is 21.8 Å². The summed E-state index contributed by atoms with van der Waals surface area (Å²) in [5.41, 5.74) is 0.432. The minimum absolute atomic E-state index is 0.149. The number of benzene rings is 1. The summed E-state index contributed by atoms with van der Waals surface area (Å²) in [5, 5.41) is 8.92. The van der Waals surface area contributed by atoms with Crippen LogP contribution in [0.3, 0.4) is 0 Å². The van der Waals surface area contributed by atoms with Crippen LogP contribution in [0, 0.1) is 3.57 Å². The maximum absolute atomic E-state index is 8.92. The fraction of sp³-hybridized carbons (Fsp3) is 0. The Bertz CT molecular complexity index is 224. The van der Waals surface area contributed by atoms with Crippen LogP contribution in [0.1, 0.15) is 0 Å². The van der Waals surface area contributed by atoms with E-state index in [0.29, 0.717) is 5.46 Å². The summed E-state index contributed by atoms with van der Waals surface area (Å²) in [5.74, 6) is 0.149. The highest BCUT2D eigenvalue weighted by Gasteiger charge is 1.92. The van der Waals surface area contributed by atoms with Gasteiger partial charge in [-0.3, -0.25) is 0 Å². The zero-order valence-corrected chi connectivity index (χ0v) is 6.79. The van der Waals surface area contributed by atoms with Crippen LogP contribution in [-0.2, 0) is 0 Å². The molecule has 1 aromatic rings. The predicted molar refractivity (Wildman–Crippen MR) is 46.2 cm³/mol. The average Bonchev–Trinajstić information content (AvgIpc) is 1.80. The molecule has 0 saturated carbocycles. The smallest absolute Gasteiger partial charge is 0.119 e. The van der Waals surface area contributed by atoms with Gasteiger partial charge in [-0.05, 0) is 34.7 Å². The Morgan fingerprint density at radius 3 is 2.56 bits per heavy atom. The van der Waals surface area contributed by atoms with Crippen molar-refractivity contribution in [2.45, 2.75) is 0 Å². The minimum Gasteiger partial charge on any atom is -0.509 e. The van der Waals surface area contributed by atoms with Gasteiger partial charge in [0, 0.05) is 3.57 Å². The lowest BCUT2D eigenvalue weighted by molar-refractivity contribution is 0.479. The molecular weight excluding hydrogens is 226 g/mol. The van der Waals surface area contributed by atoms with E-state index in [1.54, 1.807) is 18.2 Å². The van der Waals surface area contributed by atoms with Gasteiger partial charge in [-0.2, -0.15) is 0 Å². The number of hydrogen-bond acceptors (Lipinski definition) is 1. The Labute approximate surface area is 68.6 Å². The highest BCUT2D eigenvalue weighted by atomic mass is 127. The second-order valence-electron chi connectivity index (χ2n) is 1.70. The van der Waals surface area contributed by atoms with Crippen molar-refractivity contribution in [3.8, 4) is 5.75 Å². The van der Waals surface area contributed by atoms with Crippen LogP contribution >= 0.6 is 22.6 Å². The summed E-state index contributed by atoms with van der Waals surface area (Å²) in [7, 11) is 5.37. The van der Waals surface area contributed by atoms with Crippen LogP contribution < -0.4 is 5.46 Å². The van der Waals surface area contributed by atoms with Crippen LogP contribution in [0.5, 0.6) is 5.75 Å². The lowest BCUT2D eigenvalue weighted by atomic mass is 9.95. The Hall–Kier alpha value is -0.185. The third-order valence-electron chi connectivity index (χ3n) is 0.990. The Balaban J connectivity index is 3.17. The van der Waals surface area contributed by atoms with Gasteiger partial charge in [-0.15, -0.1) is 0 Å². The quantitative estimate of drug-likeness (QED) is 0.515. The van der Waals surface area contributed by atoms with Crippen molar-refractivity contribution in [2.24, 2.45) is 0 Å². The van der Waals surface area contributed by atoms with Crippen LogP contribution in [0.4, 0.5) is 0 Å². The molecule has 0 bridgehead atoms. The molecule has 0 aliphatic heterocycles. The Kier molecular flexibility index (Phi) is 2.00. The van der Waals surface area contributed by atoms with Gasteiger partial charge in [0.2, 0.25) is 0 Å². The van der Waals surface area contributed by atoms with Gasteiger partial charge < -0.3 is 5.11 Å². The monoisotopic (exact) mass is 230 g/mol. The summed E-state index contributed by atoms with van der Waals surface area (Å²) in [6, 6.07) is 5.10. The lowest BCUT2D eigenvalue weighted by Crippen LogP contribution is -2.01. The number of aromatic hydroxyl groups is 1. The maximum atomic E-state index is 8.92. The molecule has 0 saturated heterocycles. The van der Waals surface area contributed by atoms with Gasteiger partial charge in [-0.25, -0.2) is 0 Å². The SMILES string of the molecule is [B]c1cc(I)ccc1O. The Morgan fingerprint density at radius 1 is 1.44 bits per heavy atom. The number of phenolic OH excluding ortho intramolecular Hbond substituents is 1. The first-order valence-corrected chi connectivity index (χ1v) is 3.52. The van der Waals surface area contributed by atoms with E-state index in [0.717, 1.165) is 3.57 Å². The molecule has 44 valence electrons. The highest BCUT2D eigenvalue weighted by molar-refractivity contribution is 14.1. The van der Waals surface area contributed by atoms with Gasteiger partial charge >= 0.3 is 0 Å². The van der Waals surface area contributed by atoms with Gasteiger partial charge in [0.25, 0.3) is 0 Å². The molecule has 0 heterocycles. The molecule has 1 aromatic carbocycles. The molecule has 0 unspecified atom stereocenters. The normalized spacial score (nSPS) is 9.44.